The van der Waals surface area contributed by atoms with Crippen molar-refractivity contribution in [3.8, 4) is 0 Å². The van der Waals surface area contributed by atoms with E-state index in [1.807, 2.05) is 0 Å². The molecular weight excluding hydrogens is 318 g/mol. The molecule has 106 valence electrons. The van der Waals surface area contributed by atoms with Gasteiger partial charge >= 0.3 is 0 Å². The third-order valence-corrected chi connectivity index (χ3v) is 5.71. The molecule has 0 heterocycles. The highest BCUT2D eigenvalue weighted by Gasteiger charge is 2.28. The van der Waals surface area contributed by atoms with Crippen molar-refractivity contribution < 1.29 is 0 Å². The summed E-state index contributed by atoms with van der Waals surface area (Å²) in [7, 11) is 0. The number of thioether (sulfide) groups is 1. The van der Waals surface area contributed by atoms with Gasteiger partial charge in [0, 0.05) is 20.7 Å². The van der Waals surface area contributed by atoms with Gasteiger partial charge in [-0.3, -0.25) is 0 Å². The van der Waals surface area contributed by atoms with Crippen molar-refractivity contribution in [3.05, 3.63) is 28.7 Å². The van der Waals surface area contributed by atoms with Gasteiger partial charge in [0.1, 0.15) is 0 Å². The third-order valence-electron chi connectivity index (χ3n) is 3.81. The van der Waals surface area contributed by atoms with Gasteiger partial charge in [0.05, 0.1) is 0 Å². The van der Waals surface area contributed by atoms with Crippen molar-refractivity contribution in [1.82, 2.24) is 5.32 Å². The summed E-state index contributed by atoms with van der Waals surface area (Å²) >= 11 is 5.56. The molecule has 0 bridgehead atoms. The standard InChI is InChI=1S/C16H24BrNS/c1-3-10-18-15-9-4-12(2)11-16(15)19-14-7-5-13(17)6-8-14/h5-8,12,15-16,18H,3-4,9-11H2,1-2H3. The van der Waals surface area contributed by atoms with E-state index in [9.17, 15) is 0 Å². The van der Waals surface area contributed by atoms with Crippen molar-refractivity contribution in [2.45, 2.75) is 55.7 Å². The number of hydrogen-bond donors (Lipinski definition) is 1. The summed E-state index contributed by atoms with van der Waals surface area (Å²) in [6.07, 6.45) is 5.26. The lowest BCUT2D eigenvalue weighted by atomic mass is 9.87. The number of hydrogen-bond acceptors (Lipinski definition) is 2. The average molecular weight is 342 g/mol. The lowest BCUT2D eigenvalue weighted by Crippen LogP contribution is -2.42. The van der Waals surface area contributed by atoms with Gasteiger partial charge in [-0.25, -0.2) is 0 Å². The predicted octanol–water partition coefficient (Wildman–Crippen LogP) is 5.10. The fourth-order valence-electron chi connectivity index (χ4n) is 2.71. The van der Waals surface area contributed by atoms with Crippen LogP contribution in [0.3, 0.4) is 0 Å². The Morgan fingerprint density at radius 3 is 2.68 bits per heavy atom. The molecule has 1 saturated carbocycles. The first-order valence-corrected chi connectivity index (χ1v) is 9.02. The minimum absolute atomic E-state index is 0.685. The van der Waals surface area contributed by atoms with Crippen molar-refractivity contribution in [2.75, 3.05) is 6.54 Å². The van der Waals surface area contributed by atoms with E-state index in [2.05, 4.69) is 71.1 Å². The fourth-order valence-corrected chi connectivity index (χ4v) is 4.44. The largest absolute Gasteiger partial charge is 0.313 e. The molecule has 3 atom stereocenters. The van der Waals surface area contributed by atoms with Gasteiger partial charge in [0.2, 0.25) is 0 Å². The van der Waals surface area contributed by atoms with Crippen LogP contribution in [0.25, 0.3) is 0 Å². The Hall–Kier alpha value is 0.01000. The van der Waals surface area contributed by atoms with Crippen LogP contribution in [0.15, 0.2) is 33.6 Å². The van der Waals surface area contributed by atoms with Crippen LogP contribution in [0.1, 0.15) is 39.5 Å². The highest BCUT2D eigenvalue weighted by Crippen LogP contribution is 2.36. The molecule has 1 N–H and O–H groups in total. The number of nitrogens with one attached hydrogen (secondary N) is 1. The molecule has 1 aliphatic rings. The van der Waals surface area contributed by atoms with Gasteiger partial charge in [-0.1, -0.05) is 29.8 Å². The normalized spacial score (nSPS) is 27.4. The minimum atomic E-state index is 0.685. The molecule has 0 aromatic heterocycles. The van der Waals surface area contributed by atoms with E-state index in [0.29, 0.717) is 6.04 Å². The van der Waals surface area contributed by atoms with Crippen molar-refractivity contribution in [3.63, 3.8) is 0 Å². The topological polar surface area (TPSA) is 12.0 Å². The number of rotatable bonds is 5. The van der Waals surface area contributed by atoms with Gasteiger partial charge in [-0.2, -0.15) is 0 Å². The summed E-state index contributed by atoms with van der Waals surface area (Å²) < 4.78 is 1.16. The van der Waals surface area contributed by atoms with Crippen LogP contribution in [-0.4, -0.2) is 17.8 Å². The molecule has 0 aliphatic heterocycles. The molecule has 1 nitrogen and oxygen atoms in total. The van der Waals surface area contributed by atoms with Crippen LogP contribution >= 0.6 is 27.7 Å². The van der Waals surface area contributed by atoms with E-state index in [0.717, 1.165) is 22.2 Å². The van der Waals surface area contributed by atoms with E-state index < -0.39 is 0 Å². The van der Waals surface area contributed by atoms with Crippen LogP contribution in [-0.2, 0) is 0 Å². The summed E-state index contributed by atoms with van der Waals surface area (Å²) in [5.41, 5.74) is 0. The zero-order valence-electron chi connectivity index (χ0n) is 11.9. The molecule has 1 aromatic rings. The monoisotopic (exact) mass is 341 g/mol. The lowest BCUT2D eigenvalue weighted by Gasteiger charge is -2.35. The molecule has 0 spiro atoms. The molecule has 1 aromatic carbocycles. The summed E-state index contributed by atoms with van der Waals surface area (Å²) in [5, 5.41) is 4.46. The van der Waals surface area contributed by atoms with Gasteiger partial charge < -0.3 is 5.32 Å². The van der Waals surface area contributed by atoms with E-state index in [-0.39, 0.29) is 0 Å². The maximum atomic E-state index is 3.74. The quantitative estimate of drug-likeness (QED) is 0.799. The van der Waals surface area contributed by atoms with E-state index in [1.165, 1.54) is 30.6 Å². The Morgan fingerprint density at radius 1 is 1.26 bits per heavy atom. The summed E-state index contributed by atoms with van der Waals surface area (Å²) in [6.45, 7) is 5.79. The Labute approximate surface area is 130 Å². The SMILES string of the molecule is CCCNC1CCC(C)CC1Sc1ccc(Br)cc1. The second-order valence-corrected chi connectivity index (χ2v) is 7.82. The maximum absolute atomic E-state index is 3.74. The Kier molecular flexibility index (Phi) is 6.24. The minimum Gasteiger partial charge on any atom is -0.313 e. The molecule has 3 heteroatoms. The molecule has 0 saturated heterocycles. The molecule has 0 amide bonds. The first-order chi connectivity index (χ1) is 9.19. The first kappa shape index (κ1) is 15.4. The zero-order chi connectivity index (χ0) is 13.7. The highest BCUT2D eigenvalue weighted by atomic mass is 79.9. The van der Waals surface area contributed by atoms with Crippen LogP contribution in [0.4, 0.5) is 0 Å². The fraction of sp³-hybridized carbons (Fsp3) is 0.625. The lowest BCUT2D eigenvalue weighted by molar-refractivity contribution is 0.317. The second kappa shape index (κ2) is 7.70. The van der Waals surface area contributed by atoms with Crippen LogP contribution < -0.4 is 5.32 Å². The van der Waals surface area contributed by atoms with Gasteiger partial charge in [-0.05, 0) is 62.4 Å². The van der Waals surface area contributed by atoms with Gasteiger partial charge in [0.15, 0.2) is 0 Å². The highest BCUT2D eigenvalue weighted by molar-refractivity contribution is 9.10. The summed E-state index contributed by atoms with van der Waals surface area (Å²) in [4.78, 5) is 1.39. The Morgan fingerprint density at radius 2 is 2.00 bits per heavy atom. The summed E-state index contributed by atoms with van der Waals surface area (Å²) in [5.74, 6) is 0.868. The number of benzene rings is 1. The number of halogens is 1. The molecule has 19 heavy (non-hydrogen) atoms. The van der Waals surface area contributed by atoms with E-state index in [1.54, 1.807) is 0 Å². The van der Waals surface area contributed by atoms with E-state index >= 15 is 0 Å². The molecule has 3 unspecified atom stereocenters. The first-order valence-electron chi connectivity index (χ1n) is 7.34. The summed E-state index contributed by atoms with van der Waals surface area (Å²) in [6, 6.07) is 9.42. The molecule has 2 rings (SSSR count). The molecule has 1 aliphatic carbocycles. The van der Waals surface area contributed by atoms with Crippen LogP contribution in [0.5, 0.6) is 0 Å². The van der Waals surface area contributed by atoms with Crippen molar-refractivity contribution in [1.29, 1.82) is 0 Å². The second-order valence-electron chi connectivity index (χ2n) is 5.59. The maximum Gasteiger partial charge on any atom is 0.0250 e. The Balaban J connectivity index is 1.98. The average Bonchev–Trinajstić information content (AvgIpc) is 2.40. The molecule has 0 radical (unpaired) electrons. The smallest absolute Gasteiger partial charge is 0.0250 e. The van der Waals surface area contributed by atoms with Crippen molar-refractivity contribution >= 4 is 27.7 Å². The van der Waals surface area contributed by atoms with Crippen LogP contribution in [0.2, 0.25) is 0 Å². The zero-order valence-corrected chi connectivity index (χ0v) is 14.3. The molecular formula is C16H24BrNS. The Bertz CT molecular complexity index is 377. The third kappa shape index (κ3) is 4.80. The molecule has 1 fully saturated rings. The van der Waals surface area contributed by atoms with E-state index in [4.69, 9.17) is 0 Å². The van der Waals surface area contributed by atoms with Crippen molar-refractivity contribution in [2.24, 2.45) is 5.92 Å². The van der Waals surface area contributed by atoms with Crippen LogP contribution in [0, 0.1) is 5.92 Å². The predicted molar refractivity (Wildman–Crippen MR) is 88.9 cm³/mol. The van der Waals surface area contributed by atoms with Gasteiger partial charge in [0.25, 0.3) is 0 Å². The van der Waals surface area contributed by atoms with Gasteiger partial charge in [-0.15, -0.1) is 11.8 Å².